The molecule has 0 aliphatic carbocycles. The number of para-hydroxylation sites is 1. The molecule has 0 saturated heterocycles. The second-order valence-corrected chi connectivity index (χ2v) is 7.60. The van der Waals surface area contributed by atoms with Gasteiger partial charge >= 0.3 is 0 Å². The van der Waals surface area contributed by atoms with Crippen LogP contribution in [0.3, 0.4) is 0 Å². The number of fused-ring (bicyclic) bond motifs is 1. The number of halogens is 1. The summed E-state index contributed by atoms with van der Waals surface area (Å²) in [6, 6.07) is 21.5. The van der Waals surface area contributed by atoms with E-state index in [0.29, 0.717) is 28.8 Å². The summed E-state index contributed by atoms with van der Waals surface area (Å²) in [7, 11) is 0. The molecule has 3 aromatic carbocycles. The fourth-order valence-corrected chi connectivity index (χ4v) is 3.31. The van der Waals surface area contributed by atoms with Crippen LogP contribution in [0.2, 0.25) is 5.02 Å². The van der Waals surface area contributed by atoms with Gasteiger partial charge in [-0.3, -0.25) is 0 Å². The van der Waals surface area contributed by atoms with Crippen LogP contribution in [0.4, 0.5) is 0 Å². The monoisotopic (exact) mass is 413 g/mol. The van der Waals surface area contributed by atoms with E-state index in [0.717, 1.165) is 22.2 Å². The number of hydrogen-bond acceptors (Lipinski definition) is 3. The van der Waals surface area contributed by atoms with Crippen LogP contribution < -0.4 is 4.74 Å². The number of benzene rings is 3. The van der Waals surface area contributed by atoms with E-state index in [-0.39, 0.29) is 0 Å². The van der Waals surface area contributed by atoms with Gasteiger partial charge in [0, 0.05) is 10.6 Å². The normalized spacial score (nSPS) is 11.5. The van der Waals surface area contributed by atoms with E-state index >= 15 is 0 Å². The Morgan fingerprint density at radius 3 is 2.60 bits per heavy atom. The number of allylic oxidation sites excluding steroid dienone is 1. The largest absolute Gasteiger partial charge is 0.488 e. The second kappa shape index (κ2) is 8.44. The zero-order valence-corrected chi connectivity index (χ0v) is 17.5. The van der Waals surface area contributed by atoms with Gasteiger partial charge in [-0.15, -0.1) is 0 Å². The molecule has 0 radical (unpaired) electrons. The molecule has 1 aromatic heterocycles. The van der Waals surface area contributed by atoms with Crippen molar-refractivity contribution in [1.82, 2.24) is 9.97 Å². The van der Waals surface area contributed by atoms with Crippen molar-refractivity contribution in [2.24, 2.45) is 0 Å². The highest BCUT2D eigenvalue weighted by Crippen LogP contribution is 2.26. The highest BCUT2D eigenvalue weighted by molar-refractivity contribution is 6.30. The molecule has 5 heteroatoms. The molecule has 148 valence electrons. The Morgan fingerprint density at radius 1 is 1.10 bits per heavy atom. The van der Waals surface area contributed by atoms with Crippen LogP contribution in [0, 0.1) is 25.2 Å². The molecule has 0 bridgehead atoms. The zero-order valence-electron chi connectivity index (χ0n) is 16.7. The molecule has 1 heterocycles. The molecule has 30 heavy (non-hydrogen) atoms. The van der Waals surface area contributed by atoms with E-state index in [9.17, 15) is 5.26 Å². The maximum absolute atomic E-state index is 9.77. The maximum Gasteiger partial charge on any atom is 0.149 e. The minimum atomic E-state index is 0.410. The first-order chi connectivity index (χ1) is 14.5. The molecular weight excluding hydrogens is 394 g/mol. The summed E-state index contributed by atoms with van der Waals surface area (Å²) in [5.41, 5.74) is 6.40. The Morgan fingerprint density at radius 2 is 1.83 bits per heavy atom. The number of nitriles is 1. The highest BCUT2D eigenvalue weighted by atomic mass is 35.5. The number of imidazole rings is 1. The first kappa shape index (κ1) is 19.8. The number of nitrogens with zero attached hydrogens (tertiary/aromatic N) is 2. The molecule has 4 aromatic rings. The number of ether oxygens (including phenoxy) is 1. The Labute approximate surface area is 180 Å². The lowest BCUT2D eigenvalue weighted by atomic mass is 10.1. The molecule has 4 rings (SSSR count). The smallest absolute Gasteiger partial charge is 0.149 e. The van der Waals surface area contributed by atoms with Gasteiger partial charge in [-0.1, -0.05) is 41.9 Å². The molecule has 0 fully saturated rings. The lowest BCUT2D eigenvalue weighted by molar-refractivity contribution is 0.305. The highest BCUT2D eigenvalue weighted by Gasteiger charge is 2.11. The average molecular weight is 414 g/mol. The Kier molecular flexibility index (Phi) is 5.56. The quantitative estimate of drug-likeness (QED) is 0.381. The summed E-state index contributed by atoms with van der Waals surface area (Å²) in [6.07, 6.45) is 1.80. The molecule has 4 nitrogen and oxygen atoms in total. The third-order valence-electron chi connectivity index (χ3n) is 5.00. The Bertz CT molecular complexity index is 1240. The van der Waals surface area contributed by atoms with Crippen LogP contribution in [0.5, 0.6) is 5.75 Å². The molecule has 0 amide bonds. The predicted molar refractivity (Wildman–Crippen MR) is 121 cm³/mol. The number of hydrogen-bond donors (Lipinski definition) is 1. The summed E-state index contributed by atoms with van der Waals surface area (Å²) in [5.74, 6) is 1.24. The van der Waals surface area contributed by atoms with Crippen molar-refractivity contribution in [2.45, 2.75) is 20.5 Å². The molecule has 0 spiro atoms. The number of rotatable bonds is 5. The van der Waals surface area contributed by atoms with Crippen molar-refractivity contribution in [3.63, 3.8) is 0 Å². The maximum atomic E-state index is 9.77. The number of H-pyrrole nitrogens is 1. The van der Waals surface area contributed by atoms with Crippen molar-refractivity contribution < 1.29 is 4.74 Å². The molecular formula is C25H20ClN3O. The van der Waals surface area contributed by atoms with Crippen LogP contribution in [0.1, 0.15) is 28.1 Å². The van der Waals surface area contributed by atoms with Crippen LogP contribution in [-0.2, 0) is 6.61 Å². The van der Waals surface area contributed by atoms with Crippen molar-refractivity contribution in [3.05, 3.63) is 93.8 Å². The van der Waals surface area contributed by atoms with E-state index in [1.807, 2.05) is 54.6 Å². The predicted octanol–water partition coefficient (Wildman–Crippen LogP) is 6.48. The fraction of sp³-hybridized carbons (Fsp3) is 0.120. The fourth-order valence-electron chi connectivity index (χ4n) is 3.18. The van der Waals surface area contributed by atoms with Crippen molar-refractivity contribution in [3.8, 4) is 11.8 Å². The molecule has 0 saturated carbocycles. The minimum Gasteiger partial charge on any atom is -0.488 e. The van der Waals surface area contributed by atoms with Gasteiger partial charge in [-0.2, -0.15) is 5.26 Å². The molecule has 0 aliphatic rings. The van der Waals surface area contributed by atoms with Crippen molar-refractivity contribution >= 4 is 34.3 Å². The summed E-state index contributed by atoms with van der Waals surface area (Å²) in [5, 5.41) is 10.5. The first-order valence-electron chi connectivity index (χ1n) is 9.59. The third-order valence-corrected chi connectivity index (χ3v) is 5.25. The number of aromatic amines is 1. The number of nitrogens with one attached hydrogen (secondary N) is 1. The third kappa shape index (κ3) is 4.22. The standard InChI is InChI=1S/C25H20ClN3O/c1-16-11-22-23(12-17(16)2)29-25(28-22)20(14-27)13-19-5-3-4-6-24(19)30-15-18-7-9-21(26)10-8-18/h3-13H,15H2,1-2H3,(H,28,29)/b20-13+. The van der Waals surface area contributed by atoms with E-state index in [1.165, 1.54) is 11.1 Å². The minimum absolute atomic E-state index is 0.410. The Hall–Kier alpha value is -3.55. The molecule has 1 N–H and O–H groups in total. The lowest BCUT2D eigenvalue weighted by Crippen LogP contribution is -1.97. The average Bonchev–Trinajstić information content (AvgIpc) is 3.15. The SMILES string of the molecule is Cc1cc2nc(/C(C#N)=C/c3ccccc3OCc3ccc(Cl)cc3)[nH]c2cc1C. The zero-order chi connectivity index (χ0) is 21.1. The Balaban J connectivity index is 1.64. The molecule has 0 aliphatic heterocycles. The molecule has 0 atom stereocenters. The van der Waals surface area contributed by atoms with Gasteiger partial charge < -0.3 is 9.72 Å². The lowest BCUT2D eigenvalue weighted by Gasteiger charge is -2.09. The second-order valence-electron chi connectivity index (χ2n) is 7.16. The summed E-state index contributed by atoms with van der Waals surface area (Å²) in [4.78, 5) is 7.88. The van der Waals surface area contributed by atoms with E-state index in [1.54, 1.807) is 6.08 Å². The van der Waals surface area contributed by atoms with E-state index in [4.69, 9.17) is 16.3 Å². The van der Waals surface area contributed by atoms with Crippen LogP contribution in [0.25, 0.3) is 22.7 Å². The van der Waals surface area contributed by atoms with E-state index in [2.05, 4.69) is 36.0 Å². The topological polar surface area (TPSA) is 61.7 Å². The first-order valence-corrected chi connectivity index (χ1v) is 9.96. The van der Waals surface area contributed by atoms with Crippen LogP contribution in [-0.4, -0.2) is 9.97 Å². The van der Waals surface area contributed by atoms with Crippen molar-refractivity contribution in [2.75, 3.05) is 0 Å². The number of aromatic nitrogens is 2. The summed E-state index contributed by atoms with van der Waals surface area (Å²) >= 11 is 5.94. The van der Waals surface area contributed by atoms with Crippen LogP contribution in [0.15, 0.2) is 60.7 Å². The van der Waals surface area contributed by atoms with Gasteiger partial charge in [0.25, 0.3) is 0 Å². The van der Waals surface area contributed by atoms with Gasteiger partial charge in [0.1, 0.15) is 24.3 Å². The summed E-state index contributed by atoms with van der Waals surface area (Å²) in [6.45, 7) is 4.52. The van der Waals surface area contributed by atoms with E-state index < -0.39 is 0 Å². The van der Waals surface area contributed by atoms with Crippen LogP contribution >= 0.6 is 11.6 Å². The van der Waals surface area contributed by atoms with Crippen molar-refractivity contribution in [1.29, 1.82) is 5.26 Å². The van der Waals surface area contributed by atoms with Gasteiger partial charge in [-0.05, 0) is 66.9 Å². The van der Waals surface area contributed by atoms with Gasteiger partial charge in [0.2, 0.25) is 0 Å². The van der Waals surface area contributed by atoms with Gasteiger partial charge in [-0.25, -0.2) is 4.98 Å². The number of aryl methyl sites for hydroxylation is 2. The molecule has 0 unspecified atom stereocenters. The summed E-state index contributed by atoms with van der Waals surface area (Å²) < 4.78 is 6.01. The van der Waals surface area contributed by atoms with Gasteiger partial charge in [0.05, 0.1) is 16.6 Å². The van der Waals surface area contributed by atoms with Gasteiger partial charge in [0.15, 0.2) is 0 Å².